The van der Waals surface area contributed by atoms with Gasteiger partial charge in [-0.15, -0.1) is 11.3 Å². The van der Waals surface area contributed by atoms with Gasteiger partial charge >= 0.3 is 0 Å². The summed E-state index contributed by atoms with van der Waals surface area (Å²) in [5.41, 5.74) is 0.995. The van der Waals surface area contributed by atoms with Gasteiger partial charge in [-0.3, -0.25) is 4.79 Å². The standard InChI is InChI=1S/C19H17FN2O3S2/c1-21-19(23)14-6-10-16(11-7-14)27(24,25)22-18(17-3-2-12-26-17)13-4-8-15(20)9-5-13/h2-12,18,22H,1H3,(H,21,23). The third-order valence-corrected chi connectivity index (χ3v) is 6.33. The molecule has 2 N–H and O–H groups in total. The predicted octanol–water partition coefficient (Wildman–Crippen LogP) is 3.31. The molecule has 1 unspecified atom stereocenters. The molecule has 27 heavy (non-hydrogen) atoms. The summed E-state index contributed by atoms with van der Waals surface area (Å²) < 4.78 is 41.6. The van der Waals surface area contributed by atoms with Crippen molar-refractivity contribution in [3.05, 3.63) is 87.9 Å². The summed E-state index contributed by atoms with van der Waals surface area (Å²) in [6.45, 7) is 0. The molecule has 0 radical (unpaired) electrons. The normalized spacial score (nSPS) is 12.5. The Balaban J connectivity index is 1.92. The molecule has 1 atom stereocenters. The fourth-order valence-corrected chi connectivity index (χ4v) is 4.64. The number of hydrogen-bond acceptors (Lipinski definition) is 4. The minimum atomic E-state index is -3.86. The van der Waals surface area contributed by atoms with Crippen LogP contribution in [0.2, 0.25) is 0 Å². The Labute approximate surface area is 160 Å². The Hall–Kier alpha value is -2.55. The Kier molecular flexibility index (Phi) is 5.69. The lowest BCUT2D eigenvalue weighted by Gasteiger charge is -2.18. The Morgan fingerprint density at radius 2 is 1.70 bits per heavy atom. The third kappa shape index (κ3) is 4.41. The zero-order valence-corrected chi connectivity index (χ0v) is 16.0. The van der Waals surface area contributed by atoms with Crippen molar-refractivity contribution in [1.82, 2.24) is 10.0 Å². The number of hydrogen-bond donors (Lipinski definition) is 2. The number of carbonyl (C=O) groups is 1. The van der Waals surface area contributed by atoms with Gasteiger partial charge < -0.3 is 5.32 Å². The first-order valence-corrected chi connectivity index (χ1v) is 10.4. The lowest BCUT2D eigenvalue weighted by molar-refractivity contribution is 0.0963. The zero-order chi connectivity index (χ0) is 19.4. The van der Waals surface area contributed by atoms with Gasteiger partial charge in [0.05, 0.1) is 10.9 Å². The number of halogens is 1. The number of sulfonamides is 1. The fourth-order valence-electron chi connectivity index (χ4n) is 2.55. The van der Waals surface area contributed by atoms with Gasteiger partial charge in [0, 0.05) is 17.5 Å². The number of benzene rings is 2. The number of carbonyl (C=O) groups excluding carboxylic acids is 1. The molecule has 0 bridgehead atoms. The van der Waals surface area contributed by atoms with Gasteiger partial charge in [0.2, 0.25) is 10.0 Å². The van der Waals surface area contributed by atoms with E-state index in [9.17, 15) is 17.6 Å². The topological polar surface area (TPSA) is 75.3 Å². The van der Waals surface area contributed by atoms with Crippen LogP contribution < -0.4 is 10.0 Å². The summed E-state index contributed by atoms with van der Waals surface area (Å²) in [7, 11) is -2.36. The number of thiophene rings is 1. The number of nitrogens with one attached hydrogen (secondary N) is 2. The molecule has 0 aliphatic heterocycles. The van der Waals surface area contributed by atoms with Crippen LogP contribution in [0.15, 0.2) is 70.9 Å². The molecule has 1 heterocycles. The largest absolute Gasteiger partial charge is 0.355 e. The molecular formula is C19H17FN2O3S2. The summed E-state index contributed by atoms with van der Waals surface area (Å²) >= 11 is 1.40. The molecule has 2 aromatic carbocycles. The van der Waals surface area contributed by atoms with Gasteiger partial charge in [-0.05, 0) is 53.4 Å². The monoisotopic (exact) mass is 404 g/mol. The first-order valence-electron chi connectivity index (χ1n) is 8.04. The van der Waals surface area contributed by atoms with Crippen LogP contribution in [0.4, 0.5) is 4.39 Å². The van der Waals surface area contributed by atoms with Gasteiger partial charge in [0.1, 0.15) is 5.82 Å². The highest BCUT2D eigenvalue weighted by molar-refractivity contribution is 7.89. The second kappa shape index (κ2) is 7.99. The van der Waals surface area contributed by atoms with E-state index in [2.05, 4.69) is 10.0 Å². The van der Waals surface area contributed by atoms with E-state index in [0.29, 0.717) is 11.1 Å². The minimum Gasteiger partial charge on any atom is -0.355 e. The van der Waals surface area contributed by atoms with Crippen LogP contribution in [0, 0.1) is 5.82 Å². The molecular weight excluding hydrogens is 387 g/mol. The highest BCUT2D eigenvalue weighted by Gasteiger charge is 2.24. The molecule has 1 amide bonds. The van der Waals surface area contributed by atoms with E-state index in [4.69, 9.17) is 0 Å². The predicted molar refractivity (Wildman–Crippen MR) is 103 cm³/mol. The average Bonchev–Trinajstić information content (AvgIpc) is 3.21. The lowest BCUT2D eigenvalue weighted by Crippen LogP contribution is -2.29. The summed E-state index contributed by atoms with van der Waals surface area (Å²) in [6.07, 6.45) is 0. The van der Waals surface area contributed by atoms with Gasteiger partial charge in [0.25, 0.3) is 5.91 Å². The lowest BCUT2D eigenvalue weighted by atomic mass is 10.1. The van der Waals surface area contributed by atoms with Crippen molar-refractivity contribution in [2.24, 2.45) is 0 Å². The summed E-state index contributed by atoms with van der Waals surface area (Å²) in [5.74, 6) is -0.689. The molecule has 0 saturated heterocycles. The smallest absolute Gasteiger partial charge is 0.251 e. The minimum absolute atomic E-state index is 0.0406. The molecule has 1 aromatic heterocycles. The van der Waals surface area contributed by atoms with Crippen molar-refractivity contribution < 1.29 is 17.6 Å². The van der Waals surface area contributed by atoms with Crippen molar-refractivity contribution >= 4 is 27.3 Å². The Morgan fingerprint density at radius 1 is 1.04 bits per heavy atom. The van der Waals surface area contributed by atoms with Crippen LogP contribution in [0.3, 0.4) is 0 Å². The van der Waals surface area contributed by atoms with Crippen LogP contribution in [0.25, 0.3) is 0 Å². The summed E-state index contributed by atoms with van der Waals surface area (Å²) in [5, 5.41) is 4.33. The molecule has 8 heteroatoms. The second-order valence-corrected chi connectivity index (χ2v) is 8.42. The number of rotatable bonds is 6. The summed E-state index contributed by atoms with van der Waals surface area (Å²) in [4.78, 5) is 12.4. The van der Waals surface area contributed by atoms with E-state index in [1.807, 2.05) is 17.5 Å². The molecule has 5 nitrogen and oxygen atoms in total. The van der Waals surface area contributed by atoms with Crippen LogP contribution in [0.1, 0.15) is 26.8 Å². The first-order chi connectivity index (χ1) is 12.9. The van der Waals surface area contributed by atoms with E-state index in [-0.39, 0.29) is 10.8 Å². The van der Waals surface area contributed by atoms with E-state index < -0.39 is 21.9 Å². The van der Waals surface area contributed by atoms with E-state index in [1.165, 1.54) is 54.8 Å². The Bertz CT molecular complexity index is 1020. The fraction of sp³-hybridized carbons (Fsp3) is 0.105. The highest BCUT2D eigenvalue weighted by atomic mass is 32.2. The van der Waals surface area contributed by atoms with E-state index >= 15 is 0 Å². The molecule has 140 valence electrons. The summed E-state index contributed by atoms with van der Waals surface area (Å²) in [6, 6.07) is 14.3. The molecule has 0 fully saturated rings. The Morgan fingerprint density at radius 3 is 2.26 bits per heavy atom. The average molecular weight is 404 g/mol. The quantitative estimate of drug-likeness (QED) is 0.662. The molecule has 3 rings (SSSR count). The van der Waals surface area contributed by atoms with E-state index in [1.54, 1.807) is 12.1 Å². The van der Waals surface area contributed by atoms with Crippen molar-refractivity contribution in [2.45, 2.75) is 10.9 Å². The van der Waals surface area contributed by atoms with Crippen LogP contribution in [-0.4, -0.2) is 21.4 Å². The van der Waals surface area contributed by atoms with E-state index in [0.717, 1.165) is 4.88 Å². The van der Waals surface area contributed by atoms with Gasteiger partial charge in [-0.25, -0.2) is 12.8 Å². The molecule has 0 spiro atoms. The number of amides is 1. The maximum Gasteiger partial charge on any atom is 0.251 e. The van der Waals surface area contributed by atoms with Crippen LogP contribution >= 0.6 is 11.3 Å². The van der Waals surface area contributed by atoms with Gasteiger partial charge in [0.15, 0.2) is 0 Å². The third-order valence-electron chi connectivity index (χ3n) is 3.96. The molecule has 3 aromatic rings. The zero-order valence-electron chi connectivity index (χ0n) is 14.3. The molecule has 0 saturated carbocycles. The van der Waals surface area contributed by atoms with Crippen LogP contribution in [-0.2, 0) is 10.0 Å². The highest BCUT2D eigenvalue weighted by Crippen LogP contribution is 2.28. The van der Waals surface area contributed by atoms with Gasteiger partial charge in [-0.1, -0.05) is 18.2 Å². The van der Waals surface area contributed by atoms with Crippen molar-refractivity contribution in [1.29, 1.82) is 0 Å². The molecule has 0 aliphatic rings. The van der Waals surface area contributed by atoms with Crippen LogP contribution in [0.5, 0.6) is 0 Å². The first kappa shape index (κ1) is 19.2. The maximum absolute atomic E-state index is 13.3. The van der Waals surface area contributed by atoms with Crippen molar-refractivity contribution in [3.63, 3.8) is 0 Å². The molecule has 0 aliphatic carbocycles. The second-order valence-electron chi connectivity index (χ2n) is 5.72. The SMILES string of the molecule is CNC(=O)c1ccc(S(=O)(=O)NC(c2ccc(F)cc2)c2cccs2)cc1. The van der Waals surface area contributed by atoms with Gasteiger partial charge in [-0.2, -0.15) is 4.72 Å². The van der Waals surface area contributed by atoms with Crippen molar-refractivity contribution in [2.75, 3.05) is 7.05 Å². The maximum atomic E-state index is 13.3. The van der Waals surface area contributed by atoms with Crippen molar-refractivity contribution in [3.8, 4) is 0 Å².